The van der Waals surface area contributed by atoms with Gasteiger partial charge >= 0.3 is 0 Å². The molecule has 1 heterocycles. The van der Waals surface area contributed by atoms with E-state index in [0.717, 1.165) is 16.8 Å². The van der Waals surface area contributed by atoms with Crippen molar-refractivity contribution >= 4 is 28.3 Å². The molecule has 1 aromatic carbocycles. The van der Waals surface area contributed by atoms with Gasteiger partial charge in [-0.15, -0.1) is 12.4 Å². The third-order valence-electron chi connectivity index (χ3n) is 2.89. The lowest BCUT2D eigenvalue weighted by atomic mass is 9.97. The van der Waals surface area contributed by atoms with Crippen LogP contribution in [0, 0.1) is 0 Å². The minimum atomic E-state index is 0. The summed E-state index contributed by atoms with van der Waals surface area (Å²) in [5.41, 5.74) is 1.35. The van der Waals surface area contributed by atoms with Crippen LogP contribution in [0.4, 0.5) is 0 Å². The van der Waals surface area contributed by atoms with Gasteiger partial charge < -0.3 is 10.1 Å². The number of piperidine rings is 1. The highest BCUT2D eigenvalue weighted by Crippen LogP contribution is 2.30. The average Bonchev–Trinajstić information content (AvgIpc) is 2.30. The maximum atomic E-state index is 5.22. The lowest BCUT2D eigenvalue weighted by molar-refractivity contribution is 0.404. The fraction of sp³-hybridized carbons (Fsp3) is 0.500. The van der Waals surface area contributed by atoms with Gasteiger partial charge in [-0.2, -0.15) is 0 Å². The molecule has 0 aromatic heterocycles. The summed E-state index contributed by atoms with van der Waals surface area (Å²) in [6.07, 6.45) is 3.86. The first-order valence-electron chi connectivity index (χ1n) is 5.38. The lowest BCUT2D eigenvalue weighted by Crippen LogP contribution is -2.26. The van der Waals surface area contributed by atoms with Crippen LogP contribution in [0.2, 0.25) is 0 Å². The van der Waals surface area contributed by atoms with Gasteiger partial charge in [-0.3, -0.25) is 0 Å². The van der Waals surface area contributed by atoms with Crippen molar-refractivity contribution in [1.29, 1.82) is 0 Å². The van der Waals surface area contributed by atoms with E-state index in [1.807, 2.05) is 6.07 Å². The Hall–Kier alpha value is -0.250. The Morgan fingerprint density at radius 3 is 2.75 bits per heavy atom. The molecule has 16 heavy (non-hydrogen) atoms. The van der Waals surface area contributed by atoms with Crippen LogP contribution < -0.4 is 10.1 Å². The third-order valence-corrected chi connectivity index (χ3v) is 3.51. The highest BCUT2D eigenvalue weighted by Gasteiger charge is 2.15. The van der Waals surface area contributed by atoms with Gasteiger partial charge in [0.1, 0.15) is 5.75 Å². The molecule has 0 aliphatic carbocycles. The molecule has 0 bridgehead atoms. The number of hydrogen-bond donors (Lipinski definition) is 1. The number of methoxy groups -OCH3 is 1. The van der Waals surface area contributed by atoms with E-state index in [1.165, 1.54) is 24.8 Å². The number of nitrogens with one attached hydrogen (secondary N) is 1. The third kappa shape index (κ3) is 3.12. The van der Waals surface area contributed by atoms with Gasteiger partial charge in [0.25, 0.3) is 0 Å². The molecule has 1 saturated heterocycles. The zero-order chi connectivity index (χ0) is 10.7. The van der Waals surface area contributed by atoms with Crippen LogP contribution in [0.25, 0.3) is 0 Å². The van der Waals surface area contributed by atoms with Crippen molar-refractivity contribution in [2.24, 2.45) is 0 Å². The average molecular weight is 307 g/mol. The predicted molar refractivity (Wildman–Crippen MR) is 72.5 cm³/mol. The second kappa shape index (κ2) is 6.48. The maximum Gasteiger partial charge on any atom is 0.133 e. The predicted octanol–water partition coefficient (Wildman–Crippen LogP) is 3.69. The molecule has 0 radical (unpaired) electrons. The SMILES string of the molecule is COc1ccc(C2CCCCN2)cc1Br.Cl. The summed E-state index contributed by atoms with van der Waals surface area (Å²) in [6.45, 7) is 1.13. The van der Waals surface area contributed by atoms with Crippen molar-refractivity contribution in [1.82, 2.24) is 5.32 Å². The van der Waals surface area contributed by atoms with Crippen molar-refractivity contribution in [3.63, 3.8) is 0 Å². The molecule has 1 unspecified atom stereocenters. The van der Waals surface area contributed by atoms with Crippen LogP contribution in [-0.2, 0) is 0 Å². The molecule has 2 rings (SSSR count). The Morgan fingerprint density at radius 1 is 1.38 bits per heavy atom. The molecule has 90 valence electrons. The van der Waals surface area contributed by atoms with Crippen LogP contribution in [0.3, 0.4) is 0 Å². The summed E-state index contributed by atoms with van der Waals surface area (Å²) in [5, 5.41) is 3.54. The van der Waals surface area contributed by atoms with E-state index in [1.54, 1.807) is 7.11 Å². The largest absolute Gasteiger partial charge is 0.496 e. The Labute approximate surface area is 111 Å². The van der Waals surface area contributed by atoms with E-state index in [4.69, 9.17) is 4.74 Å². The monoisotopic (exact) mass is 305 g/mol. The summed E-state index contributed by atoms with van der Waals surface area (Å²) < 4.78 is 6.26. The molecule has 1 aromatic rings. The summed E-state index contributed by atoms with van der Waals surface area (Å²) in [7, 11) is 1.69. The summed E-state index contributed by atoms with van der Waals surface area (Å²) in [5.74, 6) is 0.898. The van der Waals surface area contributed by atoms with E-state index in [9.17, 15) is 0 Å². The van der Waals surface area contributed by atoms with Crippen LogP contribution in [0.5, 0.6) is 5.75 Å². The van der Waals surface area contributed by atoms with E-state index >= 15 is 0 Å². The van der Waals surface area contributed by atoms with E-state index in [0.29, 0.717) is 6.04 Å². The van der Waals surface area contributed by atoms with Crippen molar-refractivity contribution in [3.8, 4) is 5.75 Å². The molecule has 0 saturated carbocycles. The minimum absolute atomic E-state index is 0. The molecule has 1 N–H and O–H groups in total. The fourth-order valence-electron chi connectivity index (χ4n) is 2.04. The Bertz CT molecular complexity index is 340. The zero-order valence-electron chi connectivity index (χ0n) is 9.33. The molecule has 1 atom stereocenters. The number of benzene rings is 1. The lowest BCUT2D eigenvalue weighted by Gasteiger charge is -2.24. The summed E-state index contributed by atoms with van der Waals surface area (Å²) in [4.78, 5) is 0. The quantitative estimate of drug-likeness (QED) is 0.899. The van der Waals surface area contributed by atoms with E-state index in [-0.39, 0.29) is 12.4 Å². The van der Waals surface area contributed by atoms with Crippen molar-refractivity contribution in [2.45, 2.75) is 25.3 Å². The molecular formula is C12H17BrClNO. The van der Waals surface area contributed by atoms with Crippen LogP contribution in [0.1, 0.15) is 30.9 Å². The molecule has 1 aliphatic heterocycles. The van der Waals surface area contributed by atoms with E-state index in [2.05, 4.69) is 33.4 Å². The van der Waals surface area contributed by atoms with Crippen LogP contribution >= 0.6 is 28.3 Å². The first-order valence-corrected chi connectivity index (χ1v) is 6.17. The van der Waals surface area contributed by atoms with Crippen LogP contribution in [0.15, 0.2) is 22.7 Å². The van der Waals surface area contributed by atoms with E-state index < -0.39 is 0 Å². The first-order chi connectivity index (χ1) is 7.31. The van der Waals surface area contributed by atoms with Crippen molar-refractivity contribution in [3.05, 3.63) is 28.2 Å². The normalized spacial score (nSPS) is 20.0. The minimum Gasteiger partial charge on any atom is -0.496 e. The summed E-state index contributed by atoms with van der Waals surface area (Å²) in [6, 6.07) is 6.84. The molecular weight excluding hydrogens is 289 g/mol. The van der Waals surface area contributed by atoms with Crippen LogP contribution in [-0.4, -0.2) is 13.7 Å². The fourth-order valence-corrected chi connectivity index (χ4v) is 2.59. The number of ether oxygens (including phenoxy) is 1. The summed E-state index contributed by atoms with van der Waals surface area (Å²) >= 11 is 3.52. The van der Waals surface area contributed by atoms with Gasteiger partial charge in [0, 0.05) is 6.04 Å². The standard InChI is InChI=1S/C12H16BrNO.ClH/c1-15-12-6-5-9(8-10(12)13)11-4-2-3-7-14-11;/h5-6,8,11,14H,2-4,7H2,1H3;1H. The Morgan fingerprint density at radius 2 is 2.19 bits per heavy atom. The zero-order valence-corrected chi connectivity index (χ0v) is 11.7. The second-order valence-electron chi connectivity index (χ2n) is 3.90. The molecule has 0 spiro atoms. The maximum absolute atomic E-state index is 5.22. The molecule has 0 amide bonds. The van der Waals surface area contributed by atoms with Crippen molar-refractivity contribution in [2.75, 3.05) is 13.7 Å². The number of hydrogen-bond acceptors (Lipinski definition) is 2. The topological polar surface area (TPSA) is 21.3 Å². The molecule has 2 nitrogen and oxygen atoms in total. The van der Waals surface area contributed by atoms with Gasteiger partial charge in [-0.05, 0) is 53.0 Å². The van der Waals surface area contributed by atoms with Gasteiger partial charge in [0.05, 0.1) is 11.6 Å². The Balaban J connectivity index is 0.00000128. The molecule has 1 fully saturated rings. The molecule has 1 aliphatic rings. The Kier molecular flexibility index (Phi) is 5.59. The van der Waals surface area contributed by atoms with Gasteiger partial charge in [0.15, 0.2) is 0 Å². The number of halogens is 2. The first kappa shape index (κ1) is 13.8. The van der Waals surface area contributed by atoms with Crippen molar-refractivity contribution < 1.29 is 4.74 Å². The smallest absolute Gasteiger partial charge is 0.133 e. The highest BCUT2D eigenvalue weighted by molar-refractivity contribution is 9.10. The highest BCUT2D eigenvalue weighted by atomic mass is 79.9. The van der Waals surface area contributed by atoms with Gasteiger partial charge in [-0.1, -0.05) is 12.5 Å². The van der Waals surface area contributed by atoms with Gasteiger partial charge in [-0.25, -0.2) is 0 Å². The van der Waals surface area contributed by atoms with Gasteiger partial charge in [0.2, 0.25) is 0 Å². The molecule has 4 heteroatoms. The number of rotatable bonds is 2. The second-order valence-corrected chi connectivity index (χ2v) is 4.75.